The number of thioether (sulfide) groups is 1. The van der Waals surface area contributed by atoms with Crippen LogP contribution in [0.15, 0.2) is 47.4 Å². The third-order valence-corrected chi connectivity index (χ3v) is 7.19. The molecular formula is C24H28N2O2S. The molecule has 29 heavy (non-hydrogen) atoms. The number of hydrogen-bond acceptors (Lipinski definition) is 4. The van der Waals surface area contributed by atoms with Crippen LogP contribution in [0.5, 0.6) is 0 Å². The van der Waals surface area contributed by atoms with Crippen molar-refractivity contribution in [3.8, 4) is 0 Å². The number of nitrogens with zero attached hydrogens (tertiary/aromatic N) is 1. The van der Waals surface area contributed by atoms with Gasteiger partial charge in [0.15, 0.2) is 5.78 Å². The maximum atomic E-state index is 12.8. The van der Waals surface area contributed by atoms with Crippen molar-refractivity contribution in [3.63, 3.8) is 0 Å². The topological polar surface area (TPSA) is 49.4 Å². The third-order valence-electron chi connectivity index (χ3n) is 6.05. The number of ketones is 1. The Bertz CT molecular complexity index is 904. The molecule has 0 saturated carbocycles. The van der Waals surface area contributed by atoms with Crippen LogP contribution in [-0.2, 0) is 6.54 Å². The molecule has 1 saturated heterocycles. The van der Waals surface area contributed by atoms with Crippen LogP contribution in [0.3, 0.4) is 0 Å². The van der Waals surface area contributed by atoms with Gasteiger partial charge in [-0.1, -0.05) is 36.4 Å². The maximum absolute atomic E-state index is 12.8. The fourth-order valence-electron chi connectivity index (χ4n) is 4.18. The van der Waals surface area contributed by atoms with E-state index in [9.17, 15) is 9.59 Å². The number of likely N-dealkylation sites (tertiary alicyclic amines) is 1. The number of carbonyl (C=O) groups excluding carboxylic acids is 2. The summed E-state index contributed by atoms with van der Waals surface area (Å²) in [6, 6.07) is 14.1. The normalized spacial score (nSPS) is 17.8. The molecule has 0 unspecified atom stereocenters. The average molecular weight is 409 g/mol. The zero-order chi connectivity index (χ0) is 20.2. The molecule has 0 bridgehead atoms. The summed E-state index contributed by atoms with van der Waals surface area (Å²) < 4.78 is 0. The van der Waals surface area contributed by atoms with Gasteiger partial charge in [0.25, 0.3) is 5.91 Å². The summed E-state index contributed by atoms with van der Waals surface area (Å²) >= 11 is 1.62. The smallest absolute Gasteiger partial charge is 0.252 e. The summed E-state index contributed by atoms with van der Waals surface area (Å²) in [5, 5.41) is 3.13. The van der Waals surface area contributed by atoms with E-state index < -0.39 is 0 Å². The molecule has 0 atom stereocenters. The van der Waals surface area contributed by atoms with Crippen molar-refractivity contribution in [1.82, 2.24) is 10.2 Å². The molecule has 2 aromatic carbocycles. The Hall–Kier alpha value is -2.11. The minimum Gasteiger partial charge on any atom is -0.352 e. The summed E-state index contributed by atoms with van der Waals surface area (Å²) in [6.45, 7) is 6.03. The molecule has 2 aliphatic heterocycles. The van der Waals surface area contributed by atoms with E-state index in [4.69, 9.17) is 0 Å². The van der Waals surface area contributed by atoms with Gasteiger partial charge in [0.2, 0.25) is 0 Å². The molecule has 4 nitrogen and oxygen atoms in total. The quantitative estimate of drug-likeness (QED) is 0.801. The Balaban J connectivity index is 1.29. The highest BCUT2D eigenvalue weighted by Gasteiger charge is 2.24. The Morgan fingerprint density at radius 2 is 1.93 bits per heavy atom. The number of carbonyl (C=O) groups is 2. The van der Waals surface area contributed by atoms with Crippen LogP contribution < -0.4 is 5.32 Å². The van der Waals surface area contributed by atoms with E-state index >= 15 is 0 Å². The number of piperidine rings is 1. The van der Waals surface area contributed by atoms with Crippen LogP contribution in [-0.4, -0.2) is 42.0 Å². The fourth-order valence-corrected chi connectivity index (χ4v) is 5.33. The van der Waals surface area contributed by atoms with Gasteiger partial charge in [0, 0.05) is 35.7 Å². The molecular weight excluding hydrogens is 380 g/mol. The van der Waals surface area contributed by atoms with Gasteiger partial charge in [-0.3, -0.25) is 14.5 Å². The first kappa shape index (κ1) is 20.2. The van der Waals surface area contributed by atoms with Crippen LogP contribution in [0.1, 0.15) is 51.1 Å². The lowest BCUT2D eigenvalue weighted by atomic mass is 9.96. The van der Waals surface area contributed by atoms with E-state index in [-0.39, 0.29) is 11.7 Å². The van der Waals surface area contributed by atoms with Crippen LogP contribution in [0.4, 0.5) is 0 Å². The average Bonchev–Trinajstić information content (AvgIpc) is 2.74. The minimum atomic E-state index is -0.0496. The molecule has 2 aromatic rings. The van der Waals surface area contributed by atoms with Gasteiger partial charge in [0.05, 0.1) is 5.56 Å². The Morgan fingerprint density at radius 3 is 2.72 bits per heavy atom. The zero-order valence-corrected chi connectivity index (χ0v) is 17.8. The van der Waals surface area contributed by atoms with Gasteiger partial charge in [-0.15, -0.1) is 11.8 Å². The highest BCUT2D eigenvalue weighted by atomic mass is 32.2. The Labute approximate surface area is 177 Å². The molecule has 1 fully saturated rings. The Morgan fingerprint density at radius 1 is 1.14 bits per heavy atom. The molecule has 2 heterocycles. The van der Waals surface area contributed by atoms with Crippen LogP contribution in [0, 0.1) is 12.8 Å². The number of aryl methyl sites for hydroxylation is 1. The summed E-state index contributed by atoms with van der Waals surface area (Å²) in [7, 11) is 0. The maximum Gasteiger partial charge on any atom is 0.252 e. The van der Waals surface area contributed by atoms with E-state index in [1.807, 2.05) is 18.2 Å². The van der Waals surface area contributed by atoms with Crippen molar-refractivity contribution in [2.24, 2.45) is 5.92 Å². The zero-order valence-electron chi connectivity index (χ0n) is 16.9. The first-order valence-corrected chi connectivity index (χ1v) is 11.4. The van der Waals surface area contributed by atoms with E-state index in [0.717, 1.165) is 43.1 Å². The largest absolute Gasteiger partial charge is 0.352 e. The highest BCUT2D eigenvalue weighted by Crippen LogP contribution is 2.33. The third kappa shape index (κ3) is 4.73. The number of nitrogens with one attached hydrogen (secondary N) is 1. The summed E-state index contributed by atoms with van der Waals surface area (Å²) in [5.74, 6) is 1.37. The molecule has 1 N–H and O–H groups in total. The molecule has 2 aliphatic rings. The van der Waals surface area contributed by atoms with Crippen molar-refractivity contribution >= 4 is 23.5 Å². The number of benzene rings is 2. The molecule has 152 valence electrons. The van der Waals surface area contributed by atoms with E-state index in [1.165, 1.54) is 11.1 Å². The van der Waals surface area contributed by atoms with Crippen molar-refractivity contribution < 1.29 is 9.59 Å². The van der Waals surface area contributed by atoms with Crippen LogP contribution in [0.25, 0.3) is 0 Å². The number of fused-ring (bicyclic) bond motifs is 1. The SMILES string of the molecule is Cc1ccccc1CN1CCC(CNC(=O)c2cccc3c2SCCC3=O)CC1. The second kappa shape index (κ2) is 9.14. The standard InChI is InChI=1S/C24H28N2O2S/c1-17-5-2-3-6-19(17)16-26-12-9-18(10-13-26)15-25-24(28)21-8-4-7-20-22(27)11-14-29-23(20)21/h2-8,18H,9-16H2,1H3,(H,25,28). The number of Topliss-reactive ketones (excluding diaryl/α,β-unsaturated/α-hetero) is 1. The van der Waals surface area contributed by atoms with E-state index in [2.05, 4.69) is 41.4 Å². The lowest BCUT2D eigenvalue weighted by Crippen LogP contribution is -2.38. The van der Waals surface area contributed by atoms with Crippen molar-refractivity contribution in [1.29, 1.82) is 0 Å². The molecule has 1 amide bonds. The van der Waals surface area contributed by atoms with Crippen molar-refractivity contribution in [2.45, 2.75) is 37.6 Å². The van der Waals surface area contributed by atoms with E-state index in [1.54, 1.807) is 11.8 Å². The monoisotopic (exact) mass is 408 g/mol. The van der Waals surface area contributed by atoms with E-state index in [0.29, 0.717) is 30.0 Å². The van der Waals surface area contributed by atoms with Crippen molar-refractivity contribution in [2.75, 3.05) is 25.4 Å². The van der Waals surface area contributed by atoms with Crippen LogP contribution >= 0.6 is 11.8 Å². The summed E-state index contributed by atoms with van der Waals surface area (Å²) in [6.07, 6.45) is 2.77. The predicted octanol–water partition coefficient (Wildman–Crippen LogP) is 4.32. The van der Waals surface area contributed by atoms with Gasteiger partial charge in [0.1, 0.15) is 0 Å². The molecule has 0 aromatic heterocycles. The van der Waals surface area contributed by atoms with Gasteiger partial charge in [-0.05, 0) is 56.0 Å². The van der Waals surface area contributed by atoms with Gasteiger partial charge >= 0.3 is 0 Å². The second-order valence-corrected chi connectivity index (χ2v) is 9.17. The van der Waals surface area contributed by atoms with Gasteiger partial charge in [-0.2, -0.15) is 0 Å². The summed E-state index contributed by atoms with van der Waals surface area (Å²) in [4.78, 5) is 28.2. The molecule has 0 spiro atoms. The predicted molar refractivity (Wildman–Crippen MR) is 118 cm³/mol. The van der Waals surface area contributed by atoms with Gasteiger partial charge < -0.3 is 5.32 Å². The van der Waals surface area contributed by atoms with Gasteiger partial charge in [-0.25, -0.2) is 0 Å². The number of rotatable bonds is 5. The molecule has 5 heteroatoms. The Kier molecular flexibility index (Phi) is 6.36. The second-order valence-electron chi connectivity index (χ2n) is 8.06. The van der Waals surface area contributed by atoms with Crippen LogP contribution in [0.2, 0.25) is 0 Å². The first-order valence-electron chi connectivity index (χ1n) is 10.5. The summed E-state index contributed by atoms with van der Waals surface area (Å²) in [5.41, 5.74) is 4.11. The molecule has 4 rings (SSSR count). The number of amides is 1. The lowest BCUT2D eigenvalue weighted by Gasteiger charge is -2.32. The minimum absolute atomic E-state index is 0.0496. The molecule has 0 aliphatic carbocycles. The highest BCUT2D eigenvalue weighted by molar-refractivity contribution is 7.99. The number of hydrogen-bond donors (Lipinski definition) is 1. The lowest BCUT2D eigenvalue weighted by molar-refractivity contribution is 0.0932. The fraction of sp³-hybridized carbons (Fsp3) is 0.417. The van der Waals surface area contributed by atoms with Crippen molar-refractivity contribution in [3.05, 3.63) is 64.7 Å². The first-order chi connectivity index (χ1) is 14.1. The molecule has 0 radical (unpaired) electrons.